The molecule has 1 aliphatic rings. The van der Waals surface area contributed by atoms with Crippen LogP contribution in [0.2, 0.25) is 0 Å². The molecule has 1 atom stereocenters. The molecule has 0 aromatic carbocycles. The quantitative estimate of drug-likeness (QED) is 0.806. The molecule has 1 aromatic heterocycles. The molecule has 8 nitrogen and oxygen atoms in total. The van der Waals surface area contributed by atoms with Gasteiger partial charge in [0, 0.05) is 6.54 Å². The minimum atomic E-state index is -0.832. The van der Waals surface area contributed by atoms with E-state index in [-0.39, 0.29) is 19.0 Å². The Morgan fingerprint density at radius 1 is 1.42 bits per heavy atom. The van der Waals surface area contributed by atoms with Crippen molar-refractivity contribution in [1.29, 1.82) is 0 Å². The lowest BCUT2D eigenvalue weighted by Gasteiger charge is -2.35. The predicted octanol–water partition coefficient (Wildman–Crippen LogP) is 1.30. The van der Waals surface area contributed by atoms with Crippen LogP contribution in [0.3, 0.4) is 0 Å². The predicted molar refractivity (Wildman–Crippen MR) is 83.5 cm³/mol. The van der Waals surface area contributed by atoms with E-state index < -0.39 is 29.5 Å². The minimum Gasteiger partial charge on any atom is -0.444 e. The number of carbonyl (C=O) groups is 2. The lowest BCUT2D eigenvalue weighted by Crippen LogP contribution is -2.57. The van der Waals surface area contributed by atoms with Gasteiger partial charge in [-0.05, 0) is 32.9 Å². The molecule has 0 spiro atoms. The summed E-state index contributed by atoms with van der Waals surface area (Å²) in [5.74, 6) is -0.694. The summed E-state index contributed by atoms with van der Waals surface area (Å²) in [4.78, 5) is 29.6. The Balaban J connectivity index is 1.97. The van der Waals surface area contributed by atoms with Crippen molar-refractivity contribution in [2.75, 3.05) is 25.2 Å². The third-order valence-electron chi connectivity index (χ3n) is 3.10. The van der Waals surface area contributed by atoms with Crippen LogP contribution in [0.1, 0.15) is 20.8 Å². The van der Waals surface area contributed by atoms with Crippen LogP contribution in [0.25, 0.3) is 0 Å². The van der Waals surface area contributed by atoms with Crippen LogP contribution in [0.5, 0.6) is 0 Å². The molecule has 2 amide bonds. The van der Waals surface area contributed by atoms with Crippen LogP contribution in [0.4, 0.5) is 15.0 Å². The van der Waals surface area contributed by atoms with Gasteiger partial charge in [-0.2, -0.15) is 0 Å². The first-order chi connectivity index (χ1) is 11.3. The summed E-state index contributed by atoms with van der Waals surface area (Å²) in [6.07, 6.45) is 0.441. The molecule has 0 bridgehead atoms. The number of pyridine rings is 1. The van der Waals surface area contributed by atoms with Gasteiger partial charge >= 0.3 is 6.09 Å². The van der Waals surface area contributed by atoms with Crippen molar-refractivity contribution in [1.82, 2.24) is 15.3 Å². The number of aromatic nitrogens is 1. The van der Waals surface area contributed by atoms with Crippen molar-refractivity contribution in [3.05, 3.63) is 24.1 Å². The van der Waals surface area contributed by atoms with Gasteiger partial charge in [0.25, 0.3) is 5.91 Å². The summed E-state index contributed by atoms with van der Waals surface area (Å²) in [5, 5.41) is 0. The summed E-state index contributed by atoms with van der Waals surface area (Å²) < 4.78 is 23.4. The molecule has 2 heterocycles. The molecule has 0 saturated carbocycles. The zero-order chi connectivity index (χ0) is 17.7. The van der Waals surface area contributed by atoms with Gasteiger partial charge in [-0.1, -0.05) is 0 Å². The first-order valence-corrected chi connectivity index (χ1v) is 7.51. The Bertz CT molecular complexity index is 588. The van der Waals surface area contributed by atoms with Crippen LogP contribution in [-0.4, -0.2) is 53.3 Å². The molecular weight excluding hydrogens is 319 g/mol. The fraction of sp³-hybridized carbons (Fsp3) is 0.533. The second-order valence-electron chi connectivity index (χ2n) is 6.24. The average molecular weight is 340 g/mol. The SMILES string of the molecule is CC(C)(C)OC(=O)N1CCOCC1C(=O)NNc1ccc(F)cn1. The number of amides is 2. The smallest absolute Gasteiger partial charge is 0.411 e. The fourth-order valence-electron chi connectivity index (χ4n) is 2.02. The maximum atomic E-state index is 12.8. The maximum absolute atomic E-state index is 12.8. The van der Waals surface area contributed by atoms with Crippen molar-refractivity contribution >= 4 is 17.8 Å². The molecule has 132 valence electrons. The first kappa shape index (κ1) is 17.9. The van der Waals surface area contributed by atoms with Gasteiger partial charge in [-0.25, -0.2) is 14.2 Å². The molecule has 1 saturated heterocycles. The average Bonchev–Trinajstić information content (AvgIpc) is 2.52. The zero-order valence-electron chi connectivity index (χ0n) is 13.8. The Labute approximate surface area is 139 Å². The Hall–Kier alpha value is -2.42. The van der Waals surface area contributed by atoms with Crippen LogP contribution < -0.4 is 10.9 Å². The van der Waals surface area contributed by atoms with Crippen molar-refractivity contribution in [2.24, 2.45) is 0 Å². The topological polar surface area (TPSA) is 92.8 Å². The number of halogens is 1. The molecule has 9 heteroatoms. The van der Waals surface area contributed by atoms with E-state index in [2.05, 4.69) is 15.8 Å². The van der Waals surface area contributed by atoms with E-state index in [1.165, 1.54) is 17.0 Å². The van der Waals surface area contributed by atoms with E-state index in [4.69, 9.17) is 9.47 Å². The molecule has 1 aliphatic heterocycles. The second-order valence-corrected chi connectivity index (χ2v) is 6.24. The van der Waals surface area contributed by atoms with Gasteiger partial charge < -0.3 is 9.47 Å². The number of nitrogens with one attached hydrogen (secondary N) is 2. The second kappa shape index (κ2) is 7.43. The number of nitrogens with zero attached hydrogens (tertiary/aromatic N) is 2. The first-order valence-electron chi connectivity index (χ1n) is 7.51. The number of hydrogen-bond donors (Lipinski definition) is 2. The highest BCUT2D eigenvalue weighted by molar-refractivity contribution is 5.86. The fourth-order valence-corrected chi connectivity index (χ4v) is 2.02. The Kier molecular flexibility index (Phi) is 5.55. The standard InChI is InChI=1S/C15H21FN4O4/c1-15(2,3)24-14(22)20-6-7-23-9-11(20)13(21)19-18-12-5-4-10(16)8-17-12/h4-5,8,11H,6-7,9H2,1-3H3,(H,17,18)(H,19,21). The molecule has 0 radical (unpaired) electrons. The number of ether oxygens (including phenoxy) is 2. The van der Waals surface area contributed by atoms with Gasteiger partial charge in [0.2, 0.25) is 0 Å². The van der Waals surface area contributed by atoms with E-state index in [0.717, 1.165) is 6.20 Å². The third-order valence-corrected chi connectivity index (χ3v) is 3.10. The van der Waals surface area contributed by atoms with Crippen LogP contribution in [0, 0.1) is 5.82 Å². The van der Waals surface area contributed by atoms with Gasteiger partial charge in [0.15, 0.2) is 0 Å². The molecule has 2 N–H and O–H groups in total. The van der Waals surface area contributed by atoms with E-state index in [9.17, 15) is 14.0 Å². The van der Waals surface area contributed by atoms with Gasteiger partial charge in [-0.3, -0.25) is 20.5 Å². The largest absolute Gasteiger partial charge is 0.444 e. The number of morpholine rings is 1. The summed E-state index contributed by atoms with van der Waals surface area (Å²) in [5.41, 5.74) is 4.34. The highest BCUT2D eigenvalue weighted by Crippen LogP contribution is 2.15. The van der Waals surface area contributed by atoms with Crippen LogP contribution in [0.15, 0.2) is 18.3 Å². The summed E-state index contributed by atoms with van der Waals surface area (Å²) in [6, 6.07) is 1.75. The molecule has 0 aliphatic carbocycles. The van der Waals surface area contributed by atoms with E-state index in [1.807, 2.05) is 0 Å². The number of anilines is 1. The lowest BCUT2D eigenvalue weighted by molar-refractivity contribution is -0.131. The Morgan fingerprint density at radius 3 is 2.79 bits per heavy atom. The Morgan fingerprint density at radius 2 is 2.17 bits per heavy atom. The molecule has 24 heavy (non-hydrogen) atoms. The number of rotatable bonds is 3. The molecule has 1 aromatic rings. The monoisotopic (exact) mass is 340 g/mol. The van der Waals surface area contributed by atoms with Gasteiger partial charge in [0.05, 0.1) is 19.4 Å². The van der Waals surface area contributed by atoms with Crippen molar-refractivity contribution in [2.45, 2.75) is 32.4 Å². The van der Waals surface area contributed by atoms with Crippen molar-refractivity contribution in [3.8, 4) is 0 Å². The molecule has 1 unspecified atom stereocenters. The van der Waals surface area contributed by atoms with Gasteiger partial charge in [0.1, 0.15) is 23.3 Å². The number of hydrogen-bond acceptors (Lipinski definition) is 6. The summed E-state index contributed by atoms with van der Waals surface area (Å²) in [7, 11) is 0. The maximum Gasteiger partial charge on any atom is 0.411 e. The highest BCUT2D eigenvalue weighted by atomic mass is 19.1. The van der Waals surface area contributed by atoms with Crippen LogP contribution >= 0.6 is 0 Å². The molecule has 1 fully saturated rings. The van der Waals surface area contributed by atoms with Crippen LogP contribution in [-0.2, 0) is 14.3 Å². The molecular formula is C15H21FN4O4. The summed E-state index contributed by atoms with van der Waals surface area (Å²) >= 11 is 0. The third kappa shape index (κ3) is 5.05. The lowest BCUT2D eigenvalue weighted by atomic mass is 10.2. The minimum absolute atomic E-state index is 0.0591. The number of hydrazine groups is 1. The number of carbonyl (C=O) groups excluding carboxylic acids is 2. The van der Waals surface area contributed by atoms with E-state index in [0.29, 0.717) is 6.61 Å². The van der Waals surface area contributed by atoms with Crippen molar-refractivity contribution < 1.29 is 23.5 Å². The normalized spacial score (nSPS) is 18.0. The van der Waals surface area contributed by atoms with E-state index in [1.54, 1.807) is 20.8 Å². The van der Waals surface area contributed by atoms with E-state index >= 15 is 0 Å². The summed E-state index contributed by atoms with van der Waals surface area (Å²) in [6.45, 7) is 5.90. The highest BCUT2D eigenvalue weighted by Gasteiger charge is 2.35. The zero-order valence-corrected chi connectivity index (χ0v) is 13.8. The molecule has 2 rings (SSSR count). The van der Waals surface area contributed by atoms with Crippen molar-refractivity contribution in [3.63, 3.8) is 0 Å². The van der Waals surface area contributed by atoms with Gasteiger partial charge in [-0.15, -0.1) is 0 Å².